The zero-order valence-corrected chi connectivity index (χ0v) is 27.9. The van der Waals surface area contributed by atoms with Crippen LogP contribution in [0.25, 0.3) is 0 Å². The van der Waals surface area contributed by atoms with Crippen LogP contribution in [0.15, 0.2) is 0 Å². The molecule has 3 aliphatic rings. The largest absolute Gasteiger partial charge is 0.450 e. The number of amides is 6. The molecule has 5 N–H and O–H groups in total. The number of rotatable bonds is 10. The van der Waals surface area contributed by atoms with Gasteiger partial charge in [-0.2, -0.15) is 0 Å². The van der Waals surface area contributed by atoms with E-state index in [1.54, 1.807) is 6.92 Å². The van der Waals surface area contributed by atoms with Crippen LogP contribution in [0.4, 0.5) is 4.79 Å². The molecule has 4 unspecified atom stereocenters. The summed E-state index contributed by atoms with van der Waals surface area (Å²) in [6.07, 6.45) is -0.790. The number of carbonyl (C=O) groups excluding carboxylic acids is 6. The predicted molar refractivity (Wildman–Crippen MR) is 163 cm³/mol. The van der Waals surface area contributed by atoms with Gasteiger partial charge in [0.05, 0.1) is 6.04 Å². The second-order valence-electron chi connectivity index (χ2n) is 15.1. The van der Waals surface area contributed by atoms with Gasteiger partial charge in [-0.05, 0) is 63.2 Å². The van der Waals surface area contributed by atoms with E-state index < -0.39 is 64.9 Å². The molecule has 1 aliphatic carbocycles. The van der Waals surface area contributed by atoms with Crippen LogP contribution >= 0.6 is 0 Å². The molecule has 0 aromatic heterocycles. The van der Waals surface area contributed by atoms with Gasteiger partial charge < -0.3 is 36.2 Å². The number of nitrogens with one attached hydrogen (secondary N) is 5. The van der Waals surface area contributed by atoms with Crippen molar-refractivity contribution < 1.29 is 33.5 Å². The Kier molecular flexibility index (Phi) is 10.3. The van der Waals surface area contributed by atoms with Crippen LogP contribution < -0.4 is 26.6 Å². The van der Waals surface area contributed by atoms with Crippen LogP contribution in [0.2, 0.25) is 0 Å². The van der Waals surface area contributed by atoms with Gasteiger partial charge in [0, 0.05) is 38.0 Å². The van der Waals surface area contributed by atoms with E-state index >= 15 is 0 Å². The van der Waals surface area contributed by atoms with Crippen molar-refractivity contribution in [2.45, 2.75) is 112 Å². The van der Waals surface area contributed by atoms with Gasteiger partial charge in [-0.3, -0.25) is 24.0 Å². The minimum atomic E-state index is -1.37. The summed E-state index contributed by atoms with van der Waals surface area (Å²) in [5.74, 6) is -2.93. The van der Waals surface area contributed by atoms with Gasteiger partial charge in [0.2, 0.25) is 17.7 Å². The molecular formula is C31H52N6O7. The molecule has 6 amide bonds. The van der Waals surface area contributed by atoms with Gasteiger partial charge in [0.15, 0.2) is 6.10 Å². The fourth-order valence-electron chi connectivity index (χ4n) is 6.61. The van der Waals surface area contributed by atoms with Gasteiger partial charge >= 0.3 is 12.0 Å². The van der Waals surface area contributed by atoms with E-state index in [0.717, 1.165) is 0 Å². The third kappa shape index (κ3) is 8.01. The molecule has 0 bridgehead atoms. The Morgan fingerprint density at radius 2 is 1.70 bits per heavy atom. The Bertz CT molecular complexity index is 1160. The molecule has 44 heavy (non-hydrogen) atoms. The lowest BCUT2D eigenvalue weighted by Gasteiger charge is -2.38. The number of hydrogen-bond donors (Lipinski definition) is 5. The van der Waals surface area contributed by atoms with Gasteiger partial charge in [-0.15, -0.1) is 0 Å². The molecule has 2 aliphatic heterocycles. The third-order valence-corrected chi connectivity index (χ3v) is 8.93. The Hall–Kier alpha value is -3.38. The van der Waals surface area contributed by atoms with Crippen LogP contribution in [-0.4, -0.2) is 89.9 Å². The number of piperidine rings is 1. The van der Waals surface area contributed by atoms with Crippen molar-refractivity contribution in [1.82, 2.24) is 31.5 Å². The number of esters is 1. The summed E-state index contributed by atoms with van der Waals surface area (Å²) >= 11 is 0. The normalized spacial score (nSPS) is 26.0. The molecule has 3 fully saturated rings. The van der Waals surface area contributed by atoms with Crippen LogP contribution in [0.1, 0.15) is 82.1 Å². The van der Waals surface area contributed by atoms with Crippen molar-refractivity contribution in [1.29, 1.82) is 0 Å². The highest BCUT2D eigenvalue weighted by Gasteiger charge is 2.70. The van der Waals surface area contributed by atoms with E-state index in [1.165, 1.54) is 11.8 Å². The van der Waals surface area contributed by atoms with Crippen molar-refractivity contribution >= 4 is 35.6 Å². The zero-order valence-electron chi connectivity index (χ0n) is 27.9. The molecule has 0 aromatic carbocycles. The first-order valence-corrected chi connectivity index (χ1v) is 15.6. The van der Waals surface area contributed by atoms with E-state index in [1.807, 2.05) is 41.5 Å². The number of hydrogen-bond acceptors (Lipinski definition) is 7. The van der Waals surface area contributed by atoms with Crippen molar-refractivity contribution in [2.24, 2.45) is 28.6 Å². The Morgan fingerprint density at radius 3 is 2.20 bits per heavy atom. The van der Waals surface area contributed by atoms with Crippen molar-refractivity contribution in [2.75, 3.05) is 19.6 Å². The minimum absolute atomic E-state index is 0.0675. The maximum atomic E-state index is 14.2. The maximum Gasteiger partial charge on any atom is 0.315 e. The van der Waals surface area contributed by atoms with Gasteiger partial charge in [0.1, 0.15) is 12.1 Å². The summed E-state index contributed by atoms with van der Waals surface area (Å²) in [5, 5.41) is 14.0. The molecule has 1 saturated carbocycles. The number of likely N-dealkylation sites (N-methyl/N-ethyl adjacent to an activating group) is 1. The Morgan fingerprint density at radius 1 is 1.07 bits per heavy atom. The Labute approximate surface area is 260 Å². The Balaban J connectivity index is 1.93. The second kappa shape index (κ2) is 12.9. The quantitative estimate of drug-likeness (QED) is 0.227. The molecule has 3 rings (SSSR count). The average Bonchev–Trinajstić information content (AvgIpc) is 3.22. The summed E-state index contributed by atoms with van der Waals surface area (Å²) in [7, 11) is 0. The summed E-state index contributed by atoms with van der Waals surface area (Å²) in [6.45, 7) is 19.1. The summed E-state index contributed by atoms with van der Waals surface area (Å²) in [5.41, 5.74) is -1.40. The minimum Gasteiger partial charge on any atom is -0.450 e. The highest BCUT2D eigenvalue weighted by molar-refractivity contribution is 5.94. The van der Waals surface area contributed by atoms with Crippen molar-refractivity contribution in [3.63, 3.8) is 0 Å². The van der Waals surface area contributed by atoms with Crippen LogP contribution in [-0.2, 0) is 28.7 Å². The molecule has 0 spiro atoms. The van der Waals surface area contributed by atoms with Crippen LogP contribution in [0.5, 0.6) is 0 Å². The SMILES string of the molecule is CCNC(=O)C(OC(C)=O)C(CC1CCNC1=O)NC(=O)[C@@H]1[C@@H]2[C@H](CN1C(=O)C(NC(=O)NC(C)(C)C)C(C)(C)C)C2(C)C. The van der Waals surface area contributed by atoms with Crippen LogP contribution in [0, 0.1) is 28.6 Å². The smallest absolute Gasteiger partial charge is 0.315 e. The van der Waals surface area contributed by atoms with E-state index in [2.05, 4.69) is 40.4 Å². The number of urea groups is 1. The van der Waals surface area contributed by atoms with Crippen molar-refractivity contribution in [3.8, 4) is 0 Å². The molecule has 7 atom stereocenters. The van der Waals surface area contributed by atoms with E-state index in [4.69, 9.17) is 4.74 Å². The number of nitrogens with zero attached hydrogens (tertiary/aromatic N) is 1. The lowest BCUT2D eigenvalue weighted by molar-refractivity contribution is -0.157. The third-order valence-electron chi connectivity index (χ3n) is 8.93. The number of fused-ring (bicyclic) bond motifs is 1. The van der Waals surface area contributed by atoms with E-state index in [0.29, 0.717) is 19.5 Å². The summed E-state index contributed by atoms with van der Waals surface area (Å²) in [6, 6.07) is -3.31. The summed E-state index contributed by atoms with van der Waals surface area (Å²) < 4.78 is 5.42. The monoisotopic (exact) mass is 620 g/mol. The number of carbonyl (C=O) groups is 6. The van der Waals surface area contributed by atoms with Gasteiger partial charge in [-0.25, -0.2) is 4.79 Å². The zero-order chi connectivity index (χ0) is 33.4. The number of likely N-dealkylation sites (tertiary alicyclic amines) is 1. The molecule has 2 heterocycles. The lowest BCUT2D eigenvalue weighted by atomic mass is 9.85. The van der Waals surface area contributed by atoms with Gasteiger partial charge in [0.25, 0.3) is 5.91 Å². The average molecular weight is 621 g/mol. The molecule has 13 nitrogen and oxygen atoms in total. The lowest BCUT2D eigenvalue weighted by Crippen LogP contribution is -2.62. The van der Waals surface area contributed by atoms with E-state index in [-0.39, 0.29) is 42.0 Å². The highest BCUT2D eigenvalue weighted by atomic mass is 16.5. The molecule has 248 valence electrons. The first kappa shape index (κ1) is 35.1. The molecule has 0 radical (unpaired) electrons. The standard InChI is InChI=1S/C31H52N6O7/c1-11-32-26(41)22(44-16(2)38)19(14-17-12-13-33-24(17)39)34-25(40)21-20-18(31(20,9)10)15-37(21)27(42)23(29(3,4)5)35-28(43)36-30(6,7)8/h17-23H,11-15H2,1-10H3,(H,32,41)(H,33,39)(H,34,40)(H2,35,36,43)/t17?,18-,19?,20-,21-,22?,23?/m0/s1. The molecule has 13 heteroatoms. The summed E-state index contributed by atoms with van der Waals surface area (Å²) in [4.78, 5) is 80.4. The molecular weight excluding hydrogens is 568 g/mol. The van der Waals surface area contributed by atoms with E-state index in [9.17, 15) is 28.8 Å². The topological polar surface area (TPSA) is 175 Å². The molecule has 2 saturated heterocycles. The maximum absolute atomic E-state index is 14.2. The highest BCUT2D eigenvalue weighted by Crippen LogP contribution is 2.65. The number of ether oxygens (including phenoxy) is 1. The fraction of sp³-hybridized carbons (Fsp3) is 0.806. The fourth-order valence-corrected chi connectivity index (χ4v) is 6.61. The van der Waals surface area contributed by atoms with Crippen LogP contribution in [0.3, 0.4) is 0 Å². The first-order chi connectivity index (χ1) is 20.2. The van der Waals surface area contributed by atoms with Crippen molar-refractivity contribution in [3.05, 3.63) is 0 Å². The molecule has 0 aromatic rings. The first-order valence-electron chi connectivity index (χ1n) is 15.6. The van der Waals surface area contributed by atoms with Gasteiger partial charge in [-0.1, -0.05) is 34.6 Å². The predicted octanol–water partition coefficient (Wildman–Crippen LogP) is 1.06. The second-order valence-corrected chi connectivity index (χ2v) is 15.1.